The molecule has 0 saturated heterocycles. The molecule has 0 fully saturated rings. The minimum absolute atomic E-state index is 0.172. The van der Waals surface area contributed by atoms with Gasteiger partial charge in [0.25, 0.3) is 0 Å². The van der Waals surface area contributed by atoms with E-state index in [4.69, 9.17) is 5.11 Å². The molecule has 2 aromatic rings. The average Bonchev–Trinajstić information content (AvgIpc) is 2.61. The van der Waals surface area contributed by atoms with E-state index in [0.717, 1.165) is 5.56 Å². The monoisotopic (exact) mass is 298 g/mol. The molecule has 88 valence electrons. The number of benzene rings is 1. The van der Waals surface area contributed by atoms with Gasteiger partial charge < -0.3 is 9.67 Å². The van der Waals surface area contributed by atoms with Gasteiger partial charge in [-0.05, 0) is 40.2 Å². The smallest absolute Gasteiger partial charge is 0.323 e. The Labute approximate surface area is 105 Å². The fourth-order valence-corrected chi connectivity index (χ4v) is 1.97. The van der Waals surface area contributed by atoms with Crippen LogP contribution < -0.4 is 0 Å². The summed E-state index contributed by atoms with van der Waals surface area (Å²) in [5.41, 5.74) is 1.31. The second-order valence-corrected chi connectivity index (χ2v) is 4.16. The molecule has 6 heteroatoms. The molecule has 0 unspecified atom stereocenters. The third-order valence-electron chi connectivity index (χ3n) is 2.20. The number of carboxylic acid groups (broad SMARTS) is 1. The van der Waals surface area contributed by atoms with Gasteiger partial charge in [0.05, 0.1) is 6.33 Å². The Morgan fingerprint density at radius 2 is 2.06 bits per heavy atom. The van der Waals surface area contributed by atoms with Crippen molar-refractivity contribution in [1.29, 1.82) is 0 Å². The van der Waals surface area contributed by atoms with Gasteiger partial charge in [-0.15, -0.1) is 0 Å². The van der Waals surface area contributed by atoms with E-state index in [1.807, 2.05) is 0 Å². The quantitative estimate of drug-likeness (QED) is 0.947. The van der Waals surface area contributed by atoms with E-state index < -0.39 is 5.97 Å². The van der Waals surface area contributed by atoms with Gasteiger partial charge in [0.2, 0.25) is 0 Å². The lowest BCUT2D eigenvalue weighted by Crippen LogP contribution is -2.07. The van der Waals surface area contributed by atoms with Crippen molar-refractivity contribution in [3.05, 3.63) is 41.0 Å². The molecule has 0 radical (unpaired) electrons. The summed E-state index contributed by atoms with van der Waals surface area (Å²) in [6.45, 7) is -0.172. The third-order valence-corrected chi connectivity index (χ3v) is 3.03. The van der Waals surface area contributed by atoms with Crippen molar-refractivity contribution >= 4 is 21.9 Å². The fraction of sp³-hybridized carbons (Fsp3) is 0.0909. The van der Waals surface area contributed by atoms with E-state index in [9.17, 15) is 9.18 Å². The summed E-state index contributed by atoms with van der Waals surface area (Å²) in [5, 5.41) is 8.69. The Balaban J connectivity index is 2.37. The summed E-state index contributed by atoms with van der Waals surface area (Å²) < 4.78 is 14.8. The predicted octanol–water partition coefficient (Wildman–Crippen LogP) is 2.54. The van der Waals surface area contributed by atoms with Crippen molar-refractivity contribution in [3.8, 4) is 11.3 Å². The first-order chi connectivity index (χ1) is 8.08. The number of rotatable bonds is 3. The van der Waals surface area contributed by atoms with Crippen LogP contribution in [-0.4, -0.2) is 20.6 Å². The van der Waals surface area contributed by atoms with Crippen LogP contribution in [0.3, 0.4) is 0 Å². The molecule has 1 aromatic carbocycles. The second kappa shape index (κ2) is 4.67. The van der Waals surface area contributed by atoms with Crippen LogP contribution >= 0.6 is 15.9 Å². The van der Waals surface area contributed by atoms with Gasteiger partial charge in [-0.2, -0.15) is 0 Å². The number of carboxylic acids is 1. The predicted molar refractivity (Wildman–Crippen MR) is 63.0 cm³/mol. The van der Waals surface area contributed by atoms with E-state index in [2.05, 4.69) is 20.9 Å². The summed E-state index contributed by atoms with van der Waals surface area (Å²) in [6.07, 6.45) is 1.43. The molecule has 0 atom stereocenters. The van der Waals surface area contributed by atoms with Crippen LogP contribution in [0.15, 0.2) is 35.2 Å². The van der Waals surface area contributed by atoms with Gasteiger partial charge in [-0.25, -0.2) is 9.37 Å². The van der Waals surface area contributed by atoms with E-state index in [0.29, 0.717) is 10.3 Å². The molecule has 4 nitrogen and oxygen atoms in total. The van der Waals surface area contributed by atoms with Gasteiger partial charge >= 0.3 is 5.97 Å². The molecule has 1 heterocycles. The molecule has 2 rings (SSSR count). The van der Waals surface area contributed by atoms with E-state index >= 15 is 0 Å². The lowest BCUT2D eigenvalue weighted by molar-refractivity contribution is -0.137. The second-order valence-electron chi connectivity index (χ2n) is 3.41. The highest BCUT2D eigenvalue weighted by atomic mass is 79.9. The lowest BCUT2D eigenvalue weighted by Gasteiger charge is -2.01. The summed E-state index contributed by atoms with van der Waals surface area (Å²) >= 11 is 3.28. The van der Waals surface area contributed by atoms with Crippen molar-refractivity contribution in [1.82, 2.24) is 9.55 Å². The molecule has 0 bridgehead atoms. The molecule has 1 aromatic heterocycles. The van der Waals surface area contributed by atoms with Crippen LogP contribution in [0.4, 0.5) is 4.39 Å². The summed E-state index contributed by atoms with van der Waals surface area (Å²) in [4.78, 5) is 14.7. The number of imidazole rings is 1. The summed E-state index contributed by atoms with van der Waals surface area (Å²) in [5.74, 6) is -1.27. The first kappa shape index (κ1) is 11.8. The first-order valence-electron chi connectivity index (χ1n) is 4.76. The van der Waals surface area contributed by atoms with Crippen molar-refractivity contribution in [2.75, 3.05) is 0 Å². The number of carbonyl (C=O) groups is 1. The molecular weight excluding hydrogens is 291 g/mol. The Morgan fingerprint density at radius 1 is 1.41 bits per heavy atom. The topological polar surface area (TPSA) is 55.1 Å². The van der Waals surface area contributed by atoms with Crippen molar-refractivity contribution in [3.63, 3.8) is 0 Å². The van der Waals surface area contributed by atoms with Gasteiger partial charge in [0.15, 0.2) is 0 Å². The fourth-order valence-electron chi connectivity index (χ4n) is 1.42. The van der Waals surface area contributed by atoms with Gasteiger partial charge in [-0.3, -0.25) is 4.79 Å². The number of halogens is 2. The van der Waals surface area contributed by atoms with Gasteiger partial charge in [-0.1, -0.05) is 0 Å². The maximum atomic E-state index is 12.8. The van der Waals surface area contributed by atoms with Gasteiger partial charge in [0.1, 0.15) is 22.7 Å². The van der Waals surface area contributed by atoms with Crippen LogP contribution in [0.1, 0.15) is 0 Å². The van der Waals surface area contributed by atoms with Gasteiger partial charge in [0, 0.05) is 5.56 Å². The van der Waals surface area contributed by atoms with E-state index in [-0.39, 0.29) is 12.4 Å². The molecular formula is C11H8BrFN2O2. The SMILES string of the molecule is O=C(O)Cn1cnc(-c2ccc(F)cc2)c1Br. The first-order valence-corrected chi connectivity index (χ1v) is 5.55. The minimum atomic E-state index is -0.950. The molecule has 0 aliphatic rings. The van der Waals surface area contributed by atoms with Crippen LogP contribution in [0, 0.1) is 5.82 Å². The number of hydrogen-bond acceptors (Lipinski definition) is 2. The highest BCUT2D eigenvalue weighted by Gasteiger charge is 2.12. The molecule has 0 aliphatic carbocycles. The Bertz CT molecular complexity index is 551. The Hall–Kier alpha value is -1.69. The minimum Gasteiger partial charge on any atom is -0.480 e. The number of nitrogens with zero attached hydrogens (tertiary/aromatic N) is 2. The molecule has 17 heavy (non-hydrogen) atoms. The third kappa shape index (κ3) is 2.52. The zero-order valence-corrected chi connectivity index (χ0v) is 10.2. The highest BCUT2D eigenvalue weighted by molar-refractivity contribution is 9.10. The zero-order valence-electron chi connectivity index (χ0n) is 8.60. The molecule has 0 saturated carbocycles. The van der Waals surface area contributed by atoms with Crippen molar-refractivity contribution in [2.24, 2.45) is 0 Å². The molecule has 0 aliphatic heterocycles. The standard InChI is InChI=1S/C11H8BrFN2O2/c12-11-10(7-1-3-8(13)4-2-7)14-6-15(11)5-9(16)17/h1-4,6H,5H2,(H,16,17). The summed E-state index contributed by atoms with van der Waals surface area (Å²) in [6, 6.07) is 5.84. The number of hydrogen-bond donors (Lipinski definition) is 1. The maximum Gasteiger partial charge on any atom is 0.323 e. The lowest BCUT2D eigenvalue weighted by atomic mass is 10.2. The van der Waals surface area contributed by atoms with Crippen LogP contribution in [0.5, 0.6) is 0 Å². The zero-order chi connectivity index (χ0) is 12.4. The van der Waals surface area contributed by atoms with Crippen LogP contribution in [-0.2, 0) is 11.3 Å². The normalized spacial score (nSPS) is 10.5. The highest BCUT2D eigenvalue weighted by Crippen LogP contribution is 2.26. The van der Waals surface area contributed by atoms with Crippen LogP contribution in [0.2, 0.25) is 0 Å². The van der Waals surface area contributed by atoms with Crippen LogP contribution in [0.25, 0.3) is 11.3 Å². The Kier molecular flexibility index (Phi) is 3.23. The molecule has 0 spiro atoms. The van der Waals surface area contributed by atoms with E-state index in [1.54, 1.807) is 12.1 Å². The molecule has 0 amide bonds. The summed E-state index contributed by atoms with van der Waals surface area (Å²) in [7, 11) is 0. The van der Waals surface area contributed by atoms with E-state index in [1.165, 1.54) is 23.0 Å². The number of aromatic nitrogens is 2. The van der Waals surface area contributed by atoms with Crippen molar-refractivity contribution in [2.45, 2.75) is 6.54 Å². The average molecular weight is 299 g/mol. The Morgan fingerprint density at radius 3 is 2.65 bits per heavy atom. The van der Waals surface area contributed by atoms with Crippen molar-refractivity contribution < 1.29 is 14.3 Å². The maximum absolute atomic E-state index is 12.8. The molecule has 1 N–H and O–H groups in total. The number of aliphatic carboxylic acids is 1. The largest absolute Gasteiger partial charge is 0.480 e.